The van der Waals surface area contributed by atoms with E-state index in [0.717, 1.165) is 11.6 Å². The van der Waals surface area contributed by atoms with E-state index < -0.39 is 0 Å². The zero-order valence-electron chi connectivity index (χ0n) is 11.7. The molecule has 1 aliphatic carbocycles. The van der Waals surface area contributed by atoms with Crippen molar-refractivity contribution in [1.29, 1.82) is 0 Å². The molecule has 2 rings (SSSR count). The maximum Gasteiger partial charge on any atom is 0.0317 e. The van der Waals surface area contributed by atoms with Crippen LogP contribution in [0.1, 0.15) is 51.5 Å². The van der Waals surface area contributed by atoms with Gasteiger partial charge in [-0.05, 0) is 36.5 Å². The second-order valence-corrected chi connectivity index (χ2v) is 5.83. The van der Waals surface area contributed by atoms with Crippen molar-refractivity contribution in [2.24, 2.45) is 5.92 Å². The average Bonchev–Trinajstić information content (AvgIpc) is 2.37. The Bertz CT molecular complexity index is 435. The number of hydrogen-bond donors (Lipinski definition) is 1. The number of nitrogen functional groups attached to an aromatic ring is 1. The van der Waals surface area contributed by atoms with Gasteiger partial charge in [0.1, 0.15) is 0 Å². The van der Waals surface area contributed by atoms with E-state index in [1.165, 1.54) is 43.2 Å². The number of unbranched alkanes of at least 4 members (excludes halogenated alkanes) is 2. The molecule has 0 spiro atoms. The number of allylic oxidation sites excluding steroid dienone is 1. The van der Waals surface area contributed by atoms with Crippen LogP contribution in [-0.4, -0.2) is 0 Å². The summed E-state index contributed by atoms with van der Waals surface area (Å²) in [5, 5.41) is 0. The van der Waals surface area contributed by atoms with Crippen molar-refractivity contribution in [3.8, 4) is 0 Å². The zero-order chi connectivity index (χ0) is 13.2. The predicted molar refractivity (Wildman–Crippen MR) is 79.6 cm³/mol. The highest BCUT2D eigenvalue weighted by Crippen LogP contribution is 2.54. The molecule has 1 aromatic rings. The topological polar surface area (TPSA) is 26.0 Å². The summed E-state index contributed by atoms with van der Waals surface area (Å²) >= 11 is 0. The maximum absolute atomic E-state index is 5.92. The van der Waals surface area contributed by atoms with Crippen LogP contribution >= 0.6 is 0 Å². The second-order valence-electron chi connectivity index (χ2n) is 5.83. The average molecular weight is 243 g/mol. The Balaban J connectivity index is 2.14. The first-order valence-corrected chi connectivity index (χ1v) is 7.13. The van der Waals surface area contributed by atoms with E-state index in [2.05, 4.69) is 38.6 Å². The third-order valence-electron chi connectivity index (χ3n) is 4.69. The molecule has 0 amide bonds. The summed E-state index contributed by atoms with van der Waals surface area (Å²) in [4.78, 5) is 0. The maximum atomic E-state index is 5.92. The van der Waals surface area contributed by atoms with Gasteiger partial charge < -0.3 is 5.73 Å². The lowest BCUT2D eigenvalue weighted by molar-refractivity contribution is 0.217. The first-order chi connectivity index (χ1) is 8.59. The van der Waals surface area contributed by atoms with Crippen LogP contribution in [0.15, 0.2) is 36.4 Å². The molecule has 0 aliphatic heterocycles. The Morgan fingerprint density at radius 3 is 2.78 bits per heavy atom. The van der Waals surface area contributed by atoms with E-state index in [-0.39, 0.29) is 5.41 Å². The summed E-state index contributed by atoms with van der Waals surface area (Å²) < 4.78 is 0. The Morgan fingerprint density at radius 2 is 2.17 bits per heavy atom. The van der Waals surface area contributed by atoms with Crippen molar-refractivity contribution >= 4 is 5.69 Å². The molecule has 0 heterocycles. The molecule has 1 fully saturated rings. The molecular formula is C17H25N. The normalized spacial score (nSPS) is 27.0. The van der Waals surface area contributed by atoms with Crippen molar-refractivity contribution in [2.45, 2.75) is 51.4 Å². The van der Waals surface area contributed by atoms with Crippen molar-refractivity contribution in [1.82, 2.24) is 0 Å². The molecule has 0 saturated heterocycles. The zero-order valence-corrected chi connectivity index (χ0v) is 11.7. The molecule has 1 aliphatic rings. The highest BCUT2D eigenvalue weighted by Gasteiger charge is 2.46. The fourth-order valence-corrected chi connectivity index (χ4v) is 3.20. The van der Waals surface area contributed by atoms with Crippen LogP contribution < -0.4 is 5.73 Å². The Labute approximate surface area is 111 Å². The van der Waals surface area contributed by atoms with Gasteiger partial charge in [0.2, 0.25) is 0 Å². The lowest BCUT2D eigenvalue weighted by atomic mass is 9.53. The molecule has 0 unspecified atom stereocenters. The fraction of sp³-hybridized carbons (Fsp3) is 0.529. The minimum absolute atomic E-state index is 0.156. The third-order valence-corrected chi connectivity index (χ3v) is 4.69. The summed E-state index contributed by atoms with van der Waals surface area (Å²) in [7, 11) is 0. The summed E-state index contributed by atoms with van der Waals surface area (Å²) in [6.45, 7) is 8.86. The highest BCUT2D eigenvalue weighted by molar-refractivity contribution is 5.49. The molecule has 0 bridgehead atoms. The Morgan fingerprint density at radius 1 is 1.39 bits per heavy atom. The van der Waals surface area contributed by atoms with Crippen LogP contribution in [0.3, 0.4) is 0 Å². The molecule has 1 saturated carbocycles. The van der Waals surface area contributed by atoms with Gasteiger partial charge in [0, 0.05) is 11.1 Å². The van der Waals surface area contributed by atoms with Crippen LogP contribution in [0.2, 0.25) is 0 Å². The van der Waals surface area contributed by atoms with Gasteiger partial charge in [-0.2, -0.15) is 0 Å². The first kappa shape index (κ1) is 13.2. The number of nitrogens with two attached hydrogens (primary N) is 1. The van der Waals surface area contributed by atoms with Crippen molar-refractivity contribution in [3.63, 3.8) is 0 Å². The summed E-state index contributed by atoms with van der Waals surface area (Å²) in [6, 6.07) is 8.34. The molecule has 98 valence electrons. The van der Waals surface area contributed by atoms with Gasteiger partial charge in [0.15, 0.2) is 0 Å². The number of anilines is 1. The number of hydrogen-bond acceptors (Lipinski definition) is 1. The standard InChI is InChI=1S/C17H25N/c1-4-5-6-8-14-11-13(2)17(14,3)15-9-7-10-16(18)12-15/h7,9-10,12,14H,2,4-6,8,11,18H2,1,3H3/t14-,17-/m1/s1. The van der Waals surface area contributed by atoms with Gasteiger partial charge in [0.05, 0.1) is 0 Å². The lowest BCUT2D eigenvalue weighted by Gasteiger charge is -2.50. The van der Waals surface area contributed by atoms with Crippen LogP contribution in [0, 0.1) is 5.92 Å². The predicted octanol–water partition coefficient (Wildman–Crippen LogP) is 4.68. The molecule has 0 radical (unpaired) electrons. The smallest absolute Gasteiger partial charge is 0.0317 e. The minimum Gasteiger partial charge on any atom is -0.399 e. The SMILES string of the molecule is C=C1C[C@@H](CCCCC)[C@]1(C)c1cccc(N)c1. The molecule has 1 heteroatoms. The monoisotopic (exact) mass is 243 g/mol. The van der Waals surface area contributed by atoms with Crippen molar-refractivity contribution < 1.29 is 0 Å². The van der Waals surface area contributed by atoms with Gasteiger partial charge in [-0.1, -0.05) is 57.4 Å². The molecule has 2 atom stereocenters. The second kappa shape index (κ2) is 5.17. The Hall–Kier alpha value is -1.24. The van der Waals surface area contributed by atoms with Gasteiger partial charge in [0.25, 0.3) is 0 Å². The van der Waals surface area contributed by atoms with Crippen molar-refractivity contribution in [3.05, 3.63) is 42.0 Å². The third kappa shape index (κ3) is 2.19. The van der Waals surface area contributed by atoms with Gasteiger partial charge in [-0.25, -0.2) is 0 Å². The van der Waals surface area contributed by atoms with E-state index >= 15 is 0 Å². The number of benzene rings is 1. The van der Waals surface area contributed by atoms with Gasteiger partial charge in [-0.15, -0.1) is 0 Å². The molecule has 1 nitrogen and oxygen atoms in total. The van der Waals surface area contributed by atoms with Gasteiger partial charge in [-0.3, -0.25) is 0 Å². The van der Waals surface area contributed by atoms with Crippen LogP contribution in [0.25, 0.3) is 0 Å². The molecular weight excluding hydrogens is 218 g/mol. The highest BCUT2D eigenvalue weighted by atomic mass is 14.6. The lowest BCUT2D eigenvalue weighted by Crippen LogP contribution is -2.43. The fourth-order valence-electron chi connectivity index (χ4n) is 3.20. The summed E-state index contributed by atoms with van der Waals surface area (Å²) in [5.74, 6) is 0.748. The van der Waals surface area contributed by atoms with E-state index in [9.17, 15) is 0 Å². The first-order valence-electron chi connectivity index (χ1n) is 7.13. The summed E-state index contributed by atoms with van der Waals surface area (Å²) in [5.41, 5.74) is 9.65. The van der Waals surface area contributed by atoms with Crippen LogP contribution in [-0.2, 0) is 5.41 Å². The molecule has 2 N–H and O–H groups in total. The van der Waals surface area contributed by atoms with Crippen LogP contribution in [0.4, 0.5) is 5.69 Å². The van der Waals surface area contributed by atoms with E-state index in [1.54, 1.807) is 0 Å². The van der Waals surface area contributed by atoms with E-state index in [0.29, 0.717) is 0 Å². The van der Waals surface area contributed by atoms with E-state index in [4.69, 9.17) is 5.73 Å². The molecule has 1 aromatic carbocycles. The minimum atomic E-state index is 0.156. The quantitative estimate of drug-likeness (QED) is 0.453. The van der Waals surface area contributed by atoms with Crippen molar-refractivity contribution in [2.75, 3.05) is 5.73 Å². The largest absolute Gasteiger partial charge is 0.399 e. The van der Waals surface area contributed by atoms with Gasteiger partial charge >= 0.3 is 0 Å². The Kier molecular flexibility index (Phi) is 3.79. The summed E-state index contributed by atoms with van der Waals surface area (Å²) in [6.07, 6.45) is 6.48. The molecule has 0 aromatic heterocycles. The molecule has 18 heavy (non-hydrogen) atoms. The van der Waals surface area contributed by atoms with E-state index in [1.807, 2.05) is 6.07 Å². The number of rotatable bonds is 5. The van der Waals surface area contributed by atoms with Crippen LogP contribution in [0.5, 0.6) is 0 Å².